The van der Waals surface area contributed by atoms with Gasteiger partial charge in [-0.25, -0.2) is 0 Å². The highest BCUT2D eigenvalue weighted by atomic mass is 16.5. The Bertz CT molecular complexity index is 211. The van der Waals surface area contributed by atoms with Crippen molar-refractivity contribution < 1.29 is 24.5 Å². The summed E-state index contributed by atoms with van der Waals surface area (Å²) in [4.78, 5) is 19.4. The van der Waals surface area contributed by atoms with Crippen LogP contribution in [0, 0.1) is 0 Å². The van der Waals surface area contributed by atoms with Gasteiger partial charge in [0.1, 0.15) is 6.61 Å². The van der Waals surface area contributed by atoms with Gasteiger partial charge >= 0.3 is 5.97 Å². The second-order valence-corrected chi connectivity index (χ2v) is 4.18. The first kappa shape index (κ1) is 19.2. The van der Waals surface area contributed by atoms with Crippen molar-refractivity contribution in [2.24, 2.45) is 0 Å². The third-order valence-corrected chi connectivity index (χ3v) is 2.12. The second kappa shape index (κ2) is 14.0. The van der Waals surface area contributed by atoms with Crippen LogP contribution in [0.15, 0.2) is 0 Å². The van der Waals surface area contributed by atoms with Crippen LogP contribution in [0.3, 0.4) is 0 Å². The molecule has 0 heterocycles. The molecule has 0 aliphatic heterocycles. The minimum absolute atomic E-state index is 0.142. The molecule has 0 spiro atoms. The van der Waals surface area contributed by atoms with Crippen LogP contribution in [0.5, 0.6) is 0 Å². The summed E-state index contributed by atoms with van der Waals surface area (Å²) in [6.45, 7) is 4.76. The molecule has 5 nitrogen and oxygen atoms in total. The third-order valence-electron chi connectivity index (χ3n) is 2.12. The third kappa shape index (κ3) is 24.2. The summed E-state index contributed by atoms with van der Waals surface area (Å²) in [7, 11) is 0. The van der Waals surface area contributed by atoms with E-state index >= 15 is 0 Å². The topological polar surface area (TPSA) is 83.8 Å². The van der Waals surface area contributed by atoms with Crippen LogP contribution in [0.4, 0.5) is 0 Å². The van der Waals surface area contributed by atoms with Crippen molar-refractivity contribution in [3.8, 4) is 0 Å². The Balaban J connectivity index is 0. The maximum Gasteiger partial charge on any atom is 0.302 e. The van der Waals surface area contributed by atoms with Crippen LogP contribution in [0.2, 0.25) is 0 Å². The summed E-state index contributed by atoms with van der Waals surface area (Å²) < 4.78 is 4.69. The van der Waals surface area contributed by atoms with E-state index in [2.05, 4.69) is 6.92 Å². The van der Waals surface area contributed by atoms with E-state index in [1.54, 1.807) is 0 Å². The van der Waals surface area contributed by atoms with E-state index in [0.717, 1.165) is 26.2 Å². The zero-order chi connectivity index (χ0) is 14.4. The molecular weight excluding hydrogens is 236 g/mol. The number of hydrogen-bond acceptors (Lipinski definition) is 4. The average molecular weight is 262 g/mol. The lowest BCUT2D eigenvalue weighted by atomic mass is 10.1. The number of hydrogen-bond donors (Lipinski definition) is 2. The van der Waals surface area contributed by atoms with Crippen LogP contribution < -0.4 is 0 Å². The number of unbranched alkanes of at least 4 members (excludes halogenated alkanes) is 4. The molecule has 0 amide bonds. The number of esters is 1. The molecule has 0 aromatic rings. The Morgan fingerprint density at radius 2 is 1.61 bits per heavy atom. The lowest BCUT2D eigenvalue weighted by Gasteiger charge is -2.09. The molecular formula is C13H26O5. The molecule has 0 aromatic carbocycles. The fourth-order valence-electron chi connectivity index (χ4n) is 1.28. The van der Waals surface area contributed by atoms with Crippen molar-refractivity contribution in [1.82, 2.24) is 0 Å². The van der Waals surface area contributed by atoms with E-state index in [0.29, 0.717) is 0 Å². The van der Waals surface area contributed by atoms with Gasteiger partial charge in [-0.05, 0) is 6.42 Å². The molecule has 18 heavy (non-hydrogen) atoms. The van der Waals surface area contributed by atoms with Crippen molar-refractivity contribution in [3.63, 3.8) is 0 Å². The molecule has 0 bridgehead atoms. The van der Waals surface area contributed by atoms with Gasteiger partial charge in [0.25, 0.3) is 5.97 Å². The molecule has 0 aromatic heterocycles. The van der Waals surface area contributed by atoms with Crippen molar-refractivity contribution in [2.45, 2.75) is 65.4 Å². The minimum atomic E-state index is -0.833. The quantitative estimate of drug-likeness (QED) is 0.518. The van der Waals surface area contributed by atoms with Crippen molar-refractivity contribution in [3.05, 3.63) is 0 Å². The summed E-state index contributed by atoms with van der Waals surface area (Å²) in [5, 5.41) is 16.8. The molecule has 108 valence electrons. The highest BCUT2D eigenvalue weighted by Gasteiger charge is 2.05. The van der Waals surface area contributed by atoms with Crippen LogP contribution in [0.1, 0.15) is 59.3 Å². The highest BCUT2D eigenvalue weighted by molar-refractivity contribution is 5.65. The van der Waals surface area contributed by atoms with Gasteiger partial charge in [-0.1, -0.05) is 39.0 Å². The molecule has 0 aliphatic carbocycles. The van der Waals surface area contributed by atoms with Crippen LogP contribution in [0.25, 0.3) is 0 Å². The van der Waals surface area contributed by atoms with Crippen LogP contribution in [-0.4, -0.2) is 34.9 Å². The number of carboxylic acid groups (broad SMARTS) is 1. The van der Waals surface area contributed by atoms with Crippen LogP contribution in [-0.2, 0) is 14.3 Å². The molecule has 0 rings (SSSR count). The molecule has 1 unspecified atom stereocenters. The number of aliphatic hydroxyl groups excluding tert-OH is 1. The minimum Gasteiger partial charge on any atom is -0.481 e. The Kier molecular flexibility index (Phi) is 14.9. The molecule has 0 saturated carbocycles. The highest BCUT2D eigenvalue weighted by Crippen LogP contribution is 2.07. The van der Waals surface area contributed by atoms with Crippen molar-refractivity contribution >= 4 is 11.9 Å². The predicted octanol–water partition coefficient (Wildman–Crippen LogP) is 2.36. The Morgan fingerprint density at radius 3 is 2.06 bits per heavy atom. The average Bonchev–Trinajstić information content (AvgIpc) is 2.25. The zero-order valence-corrected chi connectivity index (χ0v) is 11.6. The van der Waals surface area contributed by atoms with Gasteiger partial charge in [-0.15, -0.1) is 0 Å². The molecule has 2 N–H and O–H groups in total. The zero-order valence-electron chi connectivity index (χ0n) is 11.6. The maximum atomic E-state index is 10.4. The fraction of sp³-hybridized carbons (Fsp3) is 0.846. The van der Waals surface area contributed by atoms with Gasteiger partial charge in [-0.3, -0.25) is 9.59 Å². The SMILES string of the molecule is CC(=O)O.CCCCCCCC(O)COC(C)=O. The lowest BCUT2D eigenvalue weighted by molar-refractivity contribution is -0.144. The Labute approximate surface area is 109 Å². The van der Waals surface area contributed by atoms with E-state index in [9.17, 15) is 9.90 Å². The number of carbonyl (C=O) groups excluding carboxylic acids is 1. The first-order chi connectivity index (χ1) is 8.40. The summed E-state index contributed by atoms with van der Waals surface area (Å²) in [5.41, 5.74) is 0. The van der Waals surface area contributed by atoms with Crippen molar-refractivity contribution in [2.75, 3.05) is 6.61 Å². The number of aliphatic hydroxyl groups is 1. The Morgan fingerprint density at radius 1 is 1.11 bits per heavy atom. The molecule has 1 atom stereocenters. The van der Waals surface area contributed by atoms with E-state index in [1.807, 2.05) is 0 Å². The van der Waals surface area contributed by atoms with Crippen molar-refractivity contribution in [1.29, 1.82) is 0 Å². The standard InChI is InChI=1S/C11H22O3.C2H4O2/c1-3-4-5-6-7-8-11(13)9-14-10(2)12;1-2(3)4/h11,13H,3-9H2,1-2H3;1H3,(H,3,4). The molecule has 5 heteroatoms. The van der Waals surface area contributed by atoms with Gasteiger partial charge in [0.15, 0.2) is 0 Å². The first-order valence-electron chi connectivity index (χ1n) is 6.41. The smallest absolute Gasteiger partial charge is 0.302 e. The number of carbonyl (C=O) groups is 2. The monoisotopic (exact) mass is 262 g/mol. The summed E-state index contributed by atoms with van der Waals surface area (Å²) >= 11 is 0. The normalized spacial score (nSPS) is 11.1. The first-order valence-corrected chi connectivity index (χ1v) is 6.41. The van der Waals surface area contributed by atoms with Gasteiger partial charge in [0.2, 0.25) is 0 Å². The summed E-state index contributed by atoms with van der Waals surface area (Å²) in [5.74, 6) is -1.16. The number of aliphatic carboxylic acids is 1. The number of rotatable bonds is 8. The van der Waals surface area contributed by atoms with Crippen LogP contribution >= 0.6 is 0 Å². The van der Waals surface area contributed by atoms with Gasteiger partial charge in [-0.2, -0.15) is 0 Å². The van der Waals surface area contributed by atoms with Gasteiger partial charge in [0.05, 0.1) is 6.10 Å². The van der Waals surface area contributed by atoms with E-state index in [4.69, 9.17) is 14.6 Å². The Hall–Kier alpha value is -1.10. The van der Waals surface area contributed by atoms with E-state index in [-0.39, 0.29) is 12.6 Å². The fourth-order valence-corrected chi connectivity index (χ4v) is 1.28. The molecule has 0 radical (unpaired) electrons. The van der Waals surface area contributed by atoms with Gasteiger partial charge in [0, 0.05) is 13.8 Å². The molecule has 0 saturated heterocycles. The maximum absolute atomic E-state index is 10.4. The molecule has 0 aliphatic rings. The molecule has 0 fully saturated rings. The van der Waals surface area contributed by atoms with E-state index in [1.165, 1.54) is 26.2 Å². The van der Waals surface area contributed by atoms with Gasteiger partial charge < -0.3 is 14.9 Å². The predicted molar refractivity (Wildman–Crippen MR) is 69.3 cm³/mol. The number of ether oxygens (including phenoxy) is 1. The van der Waals surface area contributed by atoms with E-state index < -0.39 is 12.1 Å². The number of carboxylic acids is 1. The largest absolute Gasteiger partial charge is 0.481 e. The summed E-state index contributed by atoms with van der Waals surface area (Å²) in [6, 6.07) is 0. The lowest BCUT2D eigenvalue weighted by Crippen LogP contribution is -2.17. The second-order valence-electron chi connectivity index (χ2n) is 4.18. The summed E-state index contributed by atoms with van der Waals surface area (Å²) in [6.07, 6.45) is 6.15.